The van der Waals surface area contributed by atoms with Gasteiger partial charge in [-0.25, -0.2) is 0 Å². The van der Waals surface area contributed by atoms with Crippen LogP contribution in [0.5, 0.6) is 0 Å². The molecule has 10 atom stereocenters. The van der Waals surface area contributed by atoms with Crippen LogP contribution in [0.15, 0.2) is 22.8 Å². The number of hydrogen-bond donors (Lipinski definition) is 2. The van der Waals surface area contributed by atoms with Crippen LogP contribution in [0.3, 0.4) is 0 Å². The Kier molecular flexibility index (Phi) is 15.4. The lowest BCUT2D eigenvalue weighted by molar-refractivity contribution is -0.146. The van der Waals surface area contributed by atoms with E-state index in [1.165, 1.54) is 11.1 Å². The average Bonchev–Trinajstić information content (AvgIpc) is 3.50. The molecular weight excluding hydrogens is 582 g/mol. The number of amides is 3. The van der Waals surface area contributed by atoms with E-state index in [9.17, 15) is 19.5 Å². The molecule has 1 heterocycles. The number of nitrogens with one attached hydrogen (secondary N) is 1. The molecule has 0 aromatic rings. The molecule has 0 spiro atoms. The lowest BCUT2D eigenvalue weighted by Crippen LogP contribution is -2.54. The Labute approximate surface area is 279 Å². The molecule has 0 aromatic carbocycles. The molecule has 3 unspecified atom stereocenters. The quantitative estimate of drug-likeness (QED) is 0.218. The topological polar surface area (TPSA) is 108 Å². The molecule has 1 aliphatic carbocycles. The first-order valence-corrected chi connectivity index (χ1v) is 17.5. The minimum Gasteiger partial charge on any atom is -0.387 e. The molecule has 0 radical (unpaired) electrons. The van der Waals surface area contributed by atoms with Crippen molar-refractivity contribution in [3.05, 3.63) is 22.8 Å². The Morgan fingerprint density at radius 3 is 2.22 bits per heavy atom. The molecule has 0 saturated carbocycles. The highest BCUT2D eigenvalue weighted by Gasteiger charge is 2.42. The van der Waals surface area contributed by atoms with Crippen LogP contribution >= 0.6 is 0 Å². The number of likely N-dealkylation sites (N-methyl/N-ethyl adjacent to an activating group) is 1. The van der Waals surface area contributed by atoms with Crippen LogP contribution in [0.2, 0.25) is 0 Å². The largest absolute Gasteiger partial charge is 0.387 e. The molecule has 0 bridgehead atoms. The summed E-state index contributed by atoms with van der Waals surface area (Å²) < 4.78 is 11.9. The second kappa shape index (κ2) is 17.8. The Hall–Kier alpha value is -2.23. The fourth-order valence-electron chi connectivity index (χ4n) is 7.41. The van der Waals surface area contributed by atoms with Crippen molar-refractivity contribution in [1.82, 2.24) is 15.1 Å². The van der Waals surface area contributed by atoms with Crippen molar-refractivity contribution in [3.8, 4) is 0 Å². The van der Waals surface area contributed by atoms with Crippen molar-refractivity contribution in [2.75, 3.05) is 27.8 Å². The maximum atomic E-state index is 13.9. The predicted octanol–water partition coefficient (Wildman–Crippen LogP) is 5.37. The zero-order valence-corrected chi connectivity index (χ0v) is 31.1. The van der Waals surface area contributed by atoms with Crippen LogP contribution in [-0.2, 0) is 23.9 Å². The van der Waals surface area contributed by atoms with Gasteiger partial charge in [0.1, 0.15) is 0 Å². The fraction of sp³-hybridized carbons (Fsp3) is 0.811. The van der Waals surface area contributed by atoms with Gasteiger partial charge in [-0.2, -0.15) is 0 Å². The van der Waals surface area contributed by atoms with Gasteiger partial charge in [0, 0.05) is 40.2 Å². The molecule has 2 rings (SSSR count). The number of methoxy groups -OCH3 is 2. The summed E-state index contributed by atoms with van der Waals surface area (Å²) in [6.07, 6.45) is 3.31. The van der Waals surface area contributed by atoms with Gasteiger partial charge in [-0.3, -0.25) is 14.4 Å². The lowest BCUT2D eigenvalue weighted by atomic mass is 9.77. The highest BCUT2D eigenvalue weighted by molar-refractivity contribution is 5.81. The summed E-state index contributed by atoms with van der Waals surface area (Å²) in [6, 6.07) is -0.998. The van der Waals surface area contributed by atoms with Gasteiger partial charge in [-0.15, -0.1) is 0 Å². The SMILES string of the molecule is CC[C@H](C)[C@@H]([C@@H](CC(=O)N1CCC[C@H]1[C@H](OC)[C@@H](C)C(=O)N[C@H](C)C(O)C1=CC(C)C(C)=C(C)C1C)OC)N(C)C(=O)CC(C)C. The van der Waals surface area contributed by atoms with Crippen molar-refractivity contribution >= 4 is 17.7 Å². The first kappa shape index (κ1) is 39.9. The summed E-state index contributed by atoms with van der Waals surface area (Å²) in [6.45, 7) is 21.0. The van der Waals surface area contributed by atoms with Gasteiger partial charge in [0.15, 0.2) is 0 Å². The number of carbonyl (C=O) groups excluding carboxylic acids is 3. The van der Waals surface area contributed by atoms with Gasteiger partial charge in [-0.1, -0.05) is 72.1 Å². The number of carbonyl (C=O) groups is 3. The Morgan fingerprint density at radius 2 is 1.67 bits per heavy atom. The molecule has 46 heavy (non-hydrogen) atoms. The molecule has 0 aromatic heterocycles. The molecule has 2 N–H and O–H groups in total. The lowest BCUT2D eigenvalue weighted by Gasteiger charge is -2.39. The number of nitrogens with zero attached hydrogens (tertiary/aromatic N) is 2. The van der Waals surface area contributed by atoms with Gasteiger partial charge in [0.2, 0.25) is 17.7 Å². The third kappa shape index (κ3) is 9.44. The van der Waals surface area contributed by atoms with Crippen molar-refractivity contribution in [1.29, 1.82) is 0 Å². The molecule has 9 heteroatoms. The van der Waals surface area contributed by atoms with E-state index in [1.807, 2.05) is 39.6 Å². The second-order valence-electron chi connectivity index (χ2n) is 14.5. The van der Waals surface area contributed by atoms with Gasteiger partial charge in [0.25, 0.3) is 0 Å². The fourth-order valence-corrected chi connectivity index (χ4v) is 7.41. The second-order valence-corrected chi connectivity index (χ2v) is 14.5. The van der Waals surface area contributed by atoms with Crippen LogP contribution in [0.4, 0.5) is 0 Å². The maximum Gasteiger partial charge on any atom is 0.225 e. The van der Waals surface area contributed by atoms with E-state index in [0.29, 0.717) is 13.0 Å². The number of ether oxygens (including phenoxy) is 2. The third-order valence-corrected chi connectivity index (χ3v) is 11.0. The Bertz CT molecular complexity index is 1100. The van der Waals surface area contributed by atoms with Crippen LogP contribution in [0, 0.1) is 29.6 Å². The van der Waals surface area contributed by atoms with Gasteiger partial charge < -0.3 is 29.7 Å². The third-order valence-electron chi connectivity index (χ3n) is 11.0. The van der Waals surface area contributed by atoms with E-state index < -0.39 is 30.3 Å². The molecule has 3 amide bonds. The molecule has 264 valence electrons. The van der Waals surface area contributed by atoms with Crippen LogP contribution in [0.25, 0.3) is 0 Å². The number of rotatable bonds is 16. The highest BCUT2D eigenvalue weighted by atomic mass is 16.5. The number of hydrogen-bond acceptors (Lipinski definition) is 6. The molecule has 1 aliphatic heterocycles. The van der Waals surface area contributed by atoms with Crippen LogP contribution in [0.1, 0.15) is 101 Å². The molecule has 2 aliphatic rings. The Morgan fingerprint density at radius 1 is 1.04 bits per heavy atom. The molecule has 1 fully saturated rings. The van der Waals surface area contributed by atoms with Crippen molar-refractivity contribution in [2.45, 2.75) is 138 Å². The summed E-state index contributed by atoms with van der Waals surface area (Å²) in [7, 11) is 5.02. The molecular formula is C37H65N3O6. The van der Waals surface area contributed by atoms with Crippen LogP contribution in [-0.4, -0.2) is 96.9 Å². The summed E-state index contributed by atoms with van der Waals surface area (Å²) in [5.74, 6) is -0.0450. The summed E-state index contributed by atoms with van der Waals surface area (Å²) in [5.41, 5.74) is 3.53. The molecule has 1 saturated heterocycles. The van der Waals surface area contributed by atoms with E-state index in [1.54, 1.807) is 19.1 Å². The monoisotopic (exact) mass is 647 g/mol. The van der Waals surface area contributed by atoms with Gasteiger partial charge in [0.05, 0.1) is 48.8 Å². The minimum atomic E-state index is -0.808. The first-order valence-electron chi connectivity index (χ1n) is 17.5. The summed E-state index contributed by atoms with van der Waals surface area (Å²) in [4.78, 5) is 44.2. The van der Waals surface area contributed by atoms with Gasteiger partial charge in [-0.05, 0) is 56.9 Å². The zero-order valence-electron chi connectivity index (χ0n) is 31.1. The van der Waals surface area contributed by atoms with Gasteiger partial charge >= 0.3 is 0 Å². The number of aliphatic hydroxyl groups excluding tert-OH is 1. The van der Waals surface area contributed by atoms with E-state index >= 15 is 0 Å². The summed E-state index contributed by atoms with van der Waals surface area (Å²) in [5, 5.41) is 14.3. The first-order chi connectivity index (χ1) is 21.5. The molecule has 9 nitrogen and oxygen atoms in total. The van der Waals surface area contributed by atoms with E-state index in [0.717, 1.165) is 24.8 Å². The standard InChI is InChI=1S/C37H65N3O6/c1-14-22(4)34(39(11)32(41)18-21(2)3)31(45-12)20-33(42)40-17-15-16-30(40)36(46-13)27(9)37(44)38-28(10)35(43)29-19-23(5)24(6)25(7)26(29)8/h19,21-23,26-28,30-31,34-36,43H,14-18,20H2,1-13H3,(H,38,44)/t22-,23?,26?,27+,28+,30-,31+,34-,35?,36+/m0/s1. The number of likely N-dealkylation sites (tertiary alicyclic amines) is 1. The van der Waals surface area contributed by atoms with E-state index in [2.05, 4.69) is 52.9 Å². The maximum absolute atomic E-state index is 13.9. The van der Waals surface area contributed by atoms with Crippen molar-refractivity contribution in [2.24, 2.45) is 29.6 Å². The summed E-state index contributed by atoms with van der Waals surface area (Å²) >= 11 is 0. The van der Waals surface area contributed by atoms with E-state index in [-0.39, 0.29) is 59.9 Å². The van der Waals surface area contributed by atoms with E-state index in [4.69, 9.17) is 9.47 Å². The van der Waals surface area contributed by atoms with Crippen LogP contribution < -0.4 is 5.32 Å². The smallest absolute Gasteiger partial charge is 0.225 e. The van der Waals surface area contributed by atoms with Crippen molar-refractivity contribution in [3.63, 3.8) is 0 Å². The average molecular weight is 648 g/mol. The Balaban J connectivity index is 2.17. The minimum absolute atomic E-state index is 0.0536. The number of allylic oxidation sites excluding steroid dienone is 3. The number of aliphatic hydroxyl groups is 1. The normalized spacial score (nSPS) is 25.0. The zero-order chi connectivity index (χ0) is 35.0. The van der Waals surface area contributed by atoms with Crippen molar-refractivity contribution < 1.29 is 29.0 Å². The highest BCUT2D eigenvalue weighted by Crippen LogP contribution is 2.36. The predicted molar refractivity (Wildman–Crippen MR) is 184 cm³/mol.